The third-order valence-electron chi connectivity index (χ3n) is 2.38. The van der Waals surface area contributed by atoms with E-state index in [9.17, 15) is 20.0 Å². The first-order valence-electron chi connectivity index (χ1n) is 4.99. The topological polar surface area (TPSA) is 80.4 Å². The minimum absolute atomic E-state index is 0.0385. The second-order valence-electron chi connectivity index (χ2n) is 3.54. The molecular weight excluding hydrogens is 210 g/mol. The third kappa shape index (κ3) is 2.25. The number of nitrogens with zero attached hydrogens (tertiary/aromatic N) is 1. The first-order valence-corrected chi connectivity index (χ1v) is 4.99. The van der Waals surface area contributed by atoms with Gasteiger partial charge >= 0.3 is 5.91 Å². The van der Waals surface area contributed by atoms with Gasteiger partial charge in [-0.3, -0.25) is 10.1 Å². The van der Waals surface area contributed by atoms with E-state index in [2.05, 4.69) is 0 Å². The Balaban J connectivity index is 3.16. The van der Waals surface area contributed by atoms with Crippen molar-refractivity contribution in [3.63, 3.8) is 0 Å². The van der Waals surface area contributed by atoms with E-state index in [-0.39, 0.29) is 12.0 Å². The molecule has 1 rings (SSSR count). The summed E-state index contributed by atoms with van der Waals surface area (Å²) >= 11 is 0. The minimum Gasteiger partial charge on any atom is -0.371 e. The summed E-state index contributed by atoms with van der Waals surface area (Å²) in [6.45, 7) is 1.75. The number of nitro groups is 1. The molecule has 0 radical (unpaired) electrons. The highest BCUT2D eigenvalue weighted by atomic mass is 16.6. The van der Waals surface area contributed by atoms with Gasteiger partial charge in [0.05, 0.1) is 0 Å². The predicted octanol–water partition coefficient (Wildman–Crippen LogP) is 1.48. The third-order valence-corrected chi connectivity index (χ3v) is 2.38. The largest absolute Gasteiger partial charge is 0.480 e. The van der Waals surface area contributed by atoms with Crippen molar-refractivity contribution in [3.05, 3.63) is 46.0 Å². The van der Waals surface area contributed by atoms with Gasteiger partial charge in [0, 0.05) is 0 Å². The highest BCUT2D eigenvalue weighted by Crippen LogP contribution is 2.27. The number of amides is 1. The van der Waals surface area contributed by atoms with Crippen LogP contribution >= 0.6 is 0 Å². The van der Waals surface area contributed by atoms with Crippen molar-refractivity contribution in [2.24, 2.45) is 0 Å². The molecular formula is C11H13NO4. The quantitative estimate of drug-likeness (QED) is 0.619. The van der Waals surface area contributed by atoms with Gasteiger partial charge in [-0.2, -0.15) is 0 Å². The Bertz CT molecular complexity index is 390. The molecule has 1 aromatic carbocycles. The van der Waals surface area contributed by atoms with Crippen molar-refractivity contribution in [3.8, 4) is 0 Å². The second kappa shape index (κ2) is 4.85. The smallest absolute Gasteiger partial charge is 0.371 e. The lowest BCUT2D eigenvalue weighted by Crippen LogP contribution is -2.40. The lowest BCUT2D eigenvalue weighted by atomic mass is 9.88. The summed E-state index contributed by atoms with van der Waals surface area (Å²) in [6, 6.07) is 7.99. The van der Waals surface area contributed by atoms with Crippen molar-refractivity contribution in [1.29, 1.82) is 0 Å². The molecule has 0 saturated heterocycles. The summed E-state index contributed by atoms with van der Waals surface area (Å²) in [6.07, 6.45) is 0.516. The Morgan fingerprint density at radius 2 is 2.00 bits per heavy atom. The SMILES string of the molecule is CCCC(O)(C(=O)[N+](=O)[O-])c1ccccc1. The van der Waals surface area contributed by atoms with Gasteiger partial charge in [-0.15, -0.1) is 0 Å². The van der Waals surface area contributed by atoms with Gasteiger partial charge in [0.1, 0.15) is 4.92 Å². The summed E-state index contributed by atoms with van der Waals surface area (Å²) in [5, 5.41) is 20.6. The number of rotatable bonds is 4. The molecule has 5 heteroatoms. The zero-order valence-corrected chi connectivity index (χ0v) is 8.92. The molecule has 1 aromatic rings. The molecule has 0 aliphatic heterocycles. The van der Waals surface area contributed by atoms with Crippen LogP contribution in [0.2, 0.25) is 0 Å². The average Bonchev–Trinajstić information content (AvgIpc) is 2.29. The van der Waals surface area contributed by atoms with Crippen LogP contribution in [0.3, 0.4) is 0 Å². The predicted molar refractivity (Wildman–Crippen MR) is 57.2 cm³/mol. The number of aliphatic hydroxyl groups is 1. The zero-order chi connectivity index (χ0) is 12.2. The Labute approximate surface area is 92.9 Å². The van der Waals surface area contributed by atoms with E-state index in [1.165, 1.54) is 12.1 Å². The lowest BCUT2D eigenvalue weighted by Gasteiger charge is -2.20. The highest BCUT2D eigenvalue weighted by molar-refractivity contribution is 5.79. The zero-order valence-electron chi connectivity index (χ0n) is 8.92. The molecule has 0 spiro atoms. The Hall–Kier alpha value is -1.75. The summed E-state index contributed by atoms with van der Waals surface area (Å²) in [5.41, 5.74) is -1.75. The van der Waals surface area contributed by atoms with Crippen LogP contribution in [0.1, 0.15) is 25.3 Å². The molecule has 1 unspecified atom stereocenters. The van der Waals surface area contributed by atoms with Crippen LogP contribution in [0.5, 0.6) is 0 Å². The maximum atomic E-state index is 11.4. The monoisotopic (exact) mass is 223 g/mol. The molecule has 0 bridgehead atoms. The number of benzene rings is 1. The van der Waals surface area contributed by atoms with Gasteiger partial charge in [-0.25, -0.2) is 4.79 Å². The van der Waals surface area contributed by atoms with Gasteiger partial charge in [0.15, 0.2) is 0 Å². The summed E-state index contributed by atoms with van der Waals surface area (Å²) in [7, 11) is 0. The van der Waals surface area contributed by atoms with Crippen molar-refractivity contribution < 1.29 is 14.8 Å². The van der Waals surface area contributed by atoms with Crippen molar-refractivity contribution in [1.82, 2.24) is 0 Å². The summed E-state index contributed by atoms with van der Waals surface area (Å²) in [4.78, 5) is 20.8. The molecule has 0 heterocycles. The van der Waals surface area contributed by atoms with Crippen molar-refractivity contribution in [2.75, 3.05) is 0 Å². The molecule has 0 fully saturated rings. The van der Waals surface area contributed by atoms with E-state index >= 15 is 0 Å². The second-order valence-corrected chi connectivity index (χ2v) is 3.54. The molecule has 0 aliphatic rings. The van der Waals surface area contributed by atoms with Crippen LogP contribution in [0, 0.1) is 10.1 Å². The molecule has 0 saturated carbocycles. The number of hydrogen-bond donors (Lipinski definition) is 1. The normalized spacial score (nSPS) is 14.1. The number of carbonyl (C=O) groups is 1. The Morgan fingerprint density at radius 3 is 2.44 bits per heavy atom. The summed E-state index contributed by atoms with van der Waals surface area (Å²) in [5.74, 6) is -1.37. The van der Waals surface area contributed by atoms with Crippen LogP contribution in [-0.2, 0) is 10.4 Å². The van der Waals surface area contributed by atoms with E-state index in [0.29, 0.717) is 6.42 Å². The van der Waals surface area contributed by atoms with Crippen LogP contribution in [0.15, 0.2) is 30.3 Å². The number of carbonyl (C=O) groups excluding carboxylic acids is 1. The molecule has 0 aliphatic carbocycles. The van der Waals surface area contributed by atoms with E-state index < -0.39 is 16.4 Å². The minimum atomic E-state index is -2.01. The van der Waals surface area contributed by atoms with E-state index in [0.717, 1.165) is 0 Å². The summed E-state index contributed by atoms with van der Waals surface area (Å²) < 4.78 is 0. The molecule has 86 valence electrons. The molecule has 16 heavy (non-hydrogen) atoms. The van der Waals surface area contributed by atoms with Gasteiger partial charge in [-0.1, -0.05) is 43.7 Å². The first kappa shape index (κ1) is 12.3. The van der Waals surface area contributed by atoms with E-state index in [1.54, 1.807) is 25.1 Å². The molecule has 0 aromatic heterocycles. The molecule has 1 atom stereocenters. The molecule has 1 amide bonds. The maximum Gasteiger partial charge on any atom is 0.480 e. The van der Waals surface area contributed by atoms with Gasteiger partial charge in [0.25, 0.3) is 0 Å². The molecule has 1 N–H and O–H groups in total. The fourth-order valence-electron chi connectivity index (χ4n) is 1.60. The number of hydrogen-bond acceptors (Lipinski definition) is 4. The first-order chi connectivity index (χ1) is 7.52. The van der Waals surface area contributed by atoms with Crippen molar-refractivity contribution in [2.45, 2.75) is 25.4 Å². The van der Waals surface area contributed by atoms with Crippen LogP contribution < -0.4 is 0 Å². The lowest BCUT2D eigenvalue weighted by molar-refractivity contribution is -0.416. The van der Waals surface area contributed by atoms with Gasteiger partial charge in [0.2, 0.25) is 5.60 Å². The highest BCUT2D eigenvalue weighted by Gasteiger charge is 2.45. The van der Waals surface area contributed by atoms with Gasteiger partial charge in [-0.05, 0) is 12.0 Å². The fraction of sp³-hybridized carbons (Fsp3) is 0.364. The van der Waals surface area contributed by atoms with Crippen LogP contribution in [0.4, 0.5) is 0 Å². The fourth-order valence-corrected chi connectivity index (χ4v) is 1.60. The Kier molecular flexibility index (Phi) is 3.73. The van der Waals surface area contributed by atoms with E-state index in [1.807, 2.05) is 0 Å². The van der Waals surface area contributed by atoms with Crippen LogP contribution in [0.25, 0.3) is 0 Å². The standard InChI is InChI=1S/C11H13NO4/c1-2-8-11(14,10(13)12(15)16)9-6-4-3-5-7-9/h3-7,14H,2,8H2,1H3. The Morgan fingerprint density at radius 1 is 1.44 bits per heavy atom. The average molecular weight is 223 g/mol. The molecule has 5 nitrogen and oxygen atoms in total. The van der Waals surface area contributed by atoms with Gasteiger partial charge < -0.3 is 5.11 Å². The van der Waals surface area contributed by atoms with Crippen LogP contribution in [-0.4, -0.2) is 15.9 Å². The maximum absolute atomic E-state index is 11.4. The van der Waals surface area contributed by atoms with Crippen molar-refractivity contribution >= 4 is 5.91 Å². The van der Waals surface area contributed by atoms with E-state index in [4.69, 9.17) is 0 Å².